The molecule has 7 nitrogen and oxygen atoms in total. The van der Waals surface area contributed by atoms with Gasteiger partial charge in [-0.05, 0) is 31.2 Å². The van der Waals surface area contributed by atoms with Gasteiger partial charge in [-0.15, -0.1) is 0 Å². The highest BCUT2D eigenvalue weighted by molar-refractivity contribution is 6.39. The Hall–Kier alpha value is -2.70. The number of hydrogen-bond acceptors (Lipinski definition) is 5. The highest BCUT2D eigenvalue weighted by Gasteiger charge is 2.28. The Morgan fingerprint density at radius 3 is 2.20 bits per heavy atom. The van der Waals surface area contributed by atoms with Crippen molar-refractivity contribution in [2.75, 3.05) is 38.1 Å². The van der Waals surface area contributed by atoms with Crippen molar-refractivity contribution in [3.63, 3.8) is 0 Å². The highest BCUT2D eigenvalue weighted by Crippen LogP contribution is 2.18. The monoisotopic (exact) mass is 342 g/mol. The number of hydrazone groups is 1. The van der Waals surface area contributed by atoms with Crippen LogP contribution in [0.15, 0.2) is 29.4 Å². The second-order valence-electron chi connectivity index (χ2n) is 6.35. The number of amides is 2. The fourth-order valence-corrected chi connectivity index (χ4v) is 3.08. The summed E-state index contributed by atoms with van der Waals surface area (Å²) in [4.78, 5) is 39.4. The first-order valence-corrected chi connectivity index (χ1v) is 8.45. The van der Waals surface area contributed by atoms with Gasteiger partial charge < -0.3 is 9.80 Å². The fourth-order valence-electron chi connectivity index (χ4n) is 3.08. The third kappa shape index (κ3) is 3.70. The first-order valence-electron chi connectivity index (χ1n) is 8.45. The first-order chi connectivity index (χ1) is 12.0. The minimum atomic E-state index is -0.0778. The Bertz CT molecular complexity index is 718. The van der Waals surface area contributed by atoms with E-state index in [1.165, 1.54) is 5.01 Å². The van der Waals surface area contributed by atoms with Crippen molar-refractivity contribution in [2.45, 2.75) is 19.8 Å². The Morgan fingerprint density at radius 1 is 1.00 bits per heavy atom. The number of carbonyl (C=O) groups excluding carboxylic acids is 3. The van der Waals surface area contributed by atoms with Gasteiger partial charge in [0.2, 0.25) is 5.91 Å². The molecule has 2 amide bonds. The summed E-state index contributed by atoms with van der Waals surface area (Å²) in [5.41, 5.74) is 2.21. The minimum Gasteiger partial charge on any atom is -0.368 e. The number of benzene rings is 1. The van der Waals surface area contributed by atoms with E-state index < -0.39 is 0 Å². The number of rotatable bonds is 3. The van der Waals surface area contributed by atoms with E-state index in [1.807, 2.05) is 24.3 Å². The molecule has 0 aromatic heterocycles. The van der Waals surface area contributed by atoms with E-state index in [4.69, 9.17) is 0 Å². The zero-order valence-electron chi connectivity index (χ0n) is 14.6. The second kappa shape index (κ2) is 7.04. The lowest BCUT2D eigenvalue weighted by Crippen LogP contribution is -2.51. The Labute approximate surface area is 146 Å². The molecule has 0 spiro atoms. The highest BCUT2D eigenvalue weighted by atomic mass is 16.2. The molecule has 0 radical (unpaired) electrons. The third-order valence-electron chi connectivity index (χ3n) is 4.66. The zero-order valence-corrected chi connectivity index (χ0v) is 14.6. The summed E-state index contributed by atoms with van der Waals surface area (Å²) in [6.45, 7) is 4.24. The number of ketones is 1. The van der Waals surface area contributed by atoms with E-state index in [1.54, 1.807) is 18.9 Å². The molecule has 3 rings (SSSR count). The van der Waals surface area contributed by atoms with Crippen LogP contribution in [0.4, 0.5) is 5.69 Å². The predicted molar refractivity (Wildman–Crippen MR) is 94.7 cm³/mol. The van der Waals surface area contributed by atoms with Crippen LogP contribution in [-0.2, 0) is 9.59 Å². The molecular weight excluding hydrogens is 320 g/mol. The van der Waals surface area contributed by atoms with Gasteiger partial charge in [0.15, 0.2) is 5.78 Å². The second-order valence-corrected chi connectivity index (χ2v) is 6.35. The van der Waals surface area contributed by atoms with Crippen LogP contribution in [0.2, 0.25) is 0 Å². The molecule has 2 aliphatic rings. The number of Topliss-reactive ketones (excluding diaryl/α,β-unsaturated/α-hetero) is 1. The molecule has 25 heavy (non-hydrogen) atoms. The van der Waals surface area contributed by atoms with Gasteiger partial charge in [0.25, 0.3) is 5.91 Å². The Balaban J connectivity index is 1.60. The molecule has 1 saturated heterocycles. The Morgan fingerprint density at radius 2 is 1.64 bits per heavy atom. The fraction of sp³-hybridized carbons (Fsp3) is 0.444. The van der Waals surface area contributed by atoms with Gasteiger partial charge in [0.05, 0.1) is 0 Å². The molecule has 2 aliphatic heterocycles. The SMILES string of the molecule is CC(=O)c1ccc(N2CCN(C(=O)C3=NN(C)C(=O)CC3)CC2)cc1. The molecule has 1 fully saturated rings. The first kappa shape index (κ1) is 17.1. The molecule has 0 unspecified atom stereocenters. The maximum Gasteiger partial charge on any atom is 0.270 e. The zero-order chi connectivity index (χ0) is 18.0. The smallest absolute Gasteiger partial charge is 0.270 e. The lowest BCUT2D eigenvalue weighted by molar-refractivity contribution is -0.130. The summed E-state index contributed by atoms with van der Waals surface area (Å²) in [5.74, 6) is -0.0834. The minimum absolute atomic E-state index is 0.0543. The Kier molecular flexibility index (Phi) is 4.83. The largest absolute Gasteiger partial charge is 0.368 e. The van der Waals surface area contributed by atoms with E-state index >= 15 is 0 Å². The van der Waals surface area contributed by atoms with Gasteiger partial charge in [-0.2, -0.15) is 5.10 Å². The molecule has 0 N–H and O–H groups in total. The van der Waals surface area contributed by atoms with E-state index in [-0.39, 0.29) is 17.6 Å². The van der Waals surface area contributed by atoms with Crippen molar-refractivity contribution in [3.05, 3.63) is 29.8 Å². The van der Waals surface area contributed by atoms with E-state index in [0.29, 0.717) is 37.2 Å². The number of hydrogen-bond donors (Lipinski definition) is 0. The molecule has 1 aromatic carbocycles. The molecule has 0 bridgehead atoms. The van der Waals surface area contributed by atoms with Crippen LogP contribution in [0.1, 0.15) is 30.1 Å². The summed E-state index contributed by atoms with van der Waals surface area (Å²) in [5, 5.41) is 5.36. The van der Waals surface area contributed by atoms with E-state index in [0.717, 1.165) is 18.8 Å². The molecule has 7 heteroatoms. The molecule has 2 heterocycles. The molecule has 1 aromatic rings. The van der Waals surface area contributed by atoms with Crippen LogP contribution in [0, 0.1) is 0 Å². The molecule has 0 saturated carbocycles. The maximum atomic E-state index is 12.6. The number of carbonyl (C=O) groups is 3. The maximum absolute atomic E-state index is 12.6. The van der Waals surface area contributed by atoms with Crippen molar-refractivity contribution in [2.24, 2.45) is 5.10 Å². The normalized spacial score (nSPS) is 18.2. The summed E-state index contributed by atoms with van der Waals surface area (Å²) < 4.78 is 0. The van der Waals surface area contributed by atoms with Crippen molar-refractivity contribution in [1.29, 1.82) is 0 Å². The van der Waals surface area contributed by atoms with Crippen molar-refractivity contribution < 1.29 is 14.4 Å². The van der Waals surface area contributed by atoms with Crippen molar-refractivity contribution in [1.82, 2.24) is 9.91 Å². The number of anilines is 1. The third-order valence-corrected chi connectivity index (χ3v) is 4.66. The predicted octanol–water partition coefficient (Wildman–Crippen LogP) is 1.15. The van der Waals surface area contributed by atoms with Crippen molar-refractivity contribution in [3.8, 4) is 0 Å². The van der Waals surface area contributed by atoms with Crippen LogP contribution in [0.5, 0.6) is 0 Å². The van der Waals surface area contributed by atoms with Gasteiger partial charge in [-0.3, -0.25) is 14.4 Å². The topological polar surface area (TPSA) is 73.3 Å². The van der Waals surface area contributed by atoms with Gasteiger partial charge in [0, 0.05) is 57.3 Å². The quantitative estimate of drug-likeness (QED) is 0.773. The summed E-state index contributed by atoms with van der Waals surface area (Å²) in [6, 6.07) is 7.55. The van der Waals surface area contributed by atoms with Gasteiger partial charge >= 0.3 is 0 Å². The molecule has 0 atom stereocenters. The van der Waals surface area contributed by atoms with E-state index in [2.05, 4.69) is 10.0 Å². The van der Waals surface area contributed by atoms with Crippen LogP contribution in [0.25, 0.3) is 0 Å². The molecule has 0 aliphatic carbocycles. The average molecular weight is 342 g/mol. The van der Waals surface area contributed by atoms with Crippen LogP contribution >= 0.6 is 0 Å². The van der Waals surface area contributed by atoms with Crippen LogP contribution < -0.4 is 4.90 Å². The average Bonchev–Trinajstić information content (AvgIpc) is 2.63. The summed E-state index contributed by atoms with van der Waals surface area (Å²) in [7, 11) is 1.58. The van der Waals surface area contributed by atoms with E-state index in [9.17, 15) is 14.4 Å². The lowest BCUT2D eigenvalue weighted by Gasteiger charge is -2.36. The lowest BCUT2D eigenvalue weighted by atomic mass is 10.1. The standard InChI is InChI=1S/C18H22N4O3/c1-13(23)14-3-5-15(6-4-14)21-9-11-22(12-10-21)18(25)16-7-8-17(24)20(2)19-16/h3-6H,7-12H2,1-2H3. The van der Waals surface area contributed by atoms with Crippen LogP contribution in [-0.4, -0.2) is 66.4 Å². The number of nitrogens with zero attached hydrogens (tertiary/aromatic N) is 4. The molecular formula is C18H22N4O3. The van der Waals surface area contributed by atoms with Crippen molar-refractivity contribution >= 4 is 29.0 Å². The van der Waals surface area contributed by atoms with Gasteiger partial charge in [0.1, 0.15) is 5.71 Å². The summed E-state index contributed by atoms with van der Waals surface area (Å²) in [6.07, 6.45) is 0.748. The van der Waals surface area contributed by atoms with Gasteiger partial charge in [-0.1, -0.05) is 0 Å². The van der Waals surface area contributed by atoms with Gasteiger partial charge in [-0.25, -0.2) is 5.01 Å². The molecule has 132 valence electrons. The number of piperazine rings is 1. The van der Waals surface area contributed by atoms with Crippen LogP contribution in [0.3, 0.4) is 0 Å². The summed E-state index contributed by atoms with van der Waals surface area (Å²) >= 11 is 0.